The number of unbranched alkanes of at least 4 members (excludes halogenated alkanes) is 4. The number of carbonyl (C=O) groups excluding carboxylic acids is 5. The fourth-order valence-corrected chi connectivity index (χ4v) is 4.48. The summed E-state index contributed by atoms with van der Waals surface area (Å²) in [5, 5.41) is 13.8. The van der Waals surface area contributed by atoms with Crippen LogP contribution in [0.2, 0.25) is 0 Å². The van der Waals surface area contributed by atoms with Crippen molar-refractivity contribution in [2.24, 2.45) is 0 Å². The predicted molar refractivity (Wildman–Crippen MR) is 212 cm³/mol. The van der Waals surface area contributed by atoms with Gasteiger partial charge in [-0.05, 0) is 105 Å². The lowest BCUT2D eigenvalue weighted by atomic mass is 10.1. The normalized spacial score (nSPS) is 10.6. The molecular formula is C41H63N3O11. The molecular weight excluding hydrogens is 710 g/mol. The molecule has 2 amide bonds. The van der Waals surface area contributed by atoms with Gasteiger partial charge >= 0.3 is 30.0 Å². The molecule has 2 rings (SSSR count). The van der Waals surface area contributed by atoms with Crippen molar-refractivity contribution in [2.45, 2.75) is 137 Å². The summed E-state index contributed by atoms with van der Waals surface area (Å²) in [7, 11) is 0. The maximum Gasteiger partial charge on any atom is 0.412 e. The van der Waals surface area contributed by atoms with Crippen LogP contribution in [0.25, 0.3) is 0 Å². The number of hydrogen-bond acceptors (Lipinski definition) is 11. The molecule has 0 aliphatic heterocycles. The Morgan fingerprint density at radius 1 is 0.600 bits per heavy atom. The highest BCUT2D eigenvalue weighted by Crippen LogP contribution is 2.23. The van der Waals surface area contributed by atoms with Gasteiger partial charge in [0.25, 0.3) is 0 Å². The summed E-state index contributed by atoms with van der Waals surface area (Å²) in [5.74, 6) is -1.58. The summed E-state index contributed by atoms with van der Waals surface area (Å²) in [6.45, 7) is 15.2. The number of carboxylic acids is 1. The second-order valence-corrected chi connectivity index (χ2v) is 14.3. The Labute approximate surface area is 326 Å². The van der Waals surface area contributed by atoms with Gasteiger partial charge in [0.05, 0.1) is 31.0 Å². The Kier molecular flexibility index (Phi) is 24.9. The minimum atomic E-state index is -0.781. The van der Waals surface area contributed by atoms with Gasteiger partial charge in [-0.15, -0.1) is 0 Å². The molecule has 55 heavy (non-hydrogen) atoms. The van der Waals surface area contributed by atoms with Crippen molar-refractivity contribution in [3.8, 4) is 0 Å². The third kappa shape index (κ3) is 29.0. The SMILES string of the molecule is CC(C)(C)OC(=O)Cc1ccccc1N.CCOC(=O)CCCCCC(=O)Nc1ccccc1NC(=O)OC(C)(C)C.CCOC(=O)CCCCCC(=O)O. The lowest BCUT2D eigenvalue weighted by molar-refractivity contribution is -0.154. The van der Waals surface area contributed by atoms with Gasteiger partial charge in [0.2, 0.25) is 5.91 Å². The van der Waals surface area contributed by atoms with Crippen LogP contribution in [0.15, 0.2) is 48.5 Å². The van der Waals surface area contributed by atoms with Crippen molar-refractivity contribution in [2.75, 3.05) is 29.6 Å². The van der Waals surface area contributed by atoms with Crippen LogP contribution >= 0.6 is 0 Å². The number of hydrogen-bond donors (Lipinski definition) is 4. The van der Waals surface area contributed by atoms with E-state index >= 15 is 0 Å². The van der Waals surface area contributed by atoms with Gasteiger partial charge in [-0.25, -0.2) is 4.79 Å². The van der Waals surface area contributed by atoms with Gasteiger partial charge in [0.1, 0.15) is 11.2 Å². The molecule has 2 aromatic carbocycles. The van der Waals surface area contributed by atoms with Crippen LogP contribution in [0.4, 0.5) is 21.9 Å². The summed E-state index contributed by atoms with van der Waals surface area (Å²) in [5.41, 5.74) is 7.10. The Morgan fingerprint density at radius 3 is 1.53 bits per heavy atom. The number of nitrogens with one attached hydrogen (secondary N) is 2. The van der Waals surface area contributed by atoms with E-state index in [4.69, 9.17) is 29.8 Å². The Hall–Kier alpha value is -5.14. The minimum absolute atomic E-state index is 0.149. The van der Waals surface area contributed by atoms with Crippen molar-refractivity contribution in [1.29, 1.82) is 0 Å². The summed E-state index contributed by atoms with van der Waals surface area (Å²) in [4.78, 5) is 67.7. The molecule has 0 saturated heterocycles. The first-order valence-corrected chi connectivity index (χ1v) is 18.7. The van der Waals surface area contributed by atoms with Crippen LogP contribution in [0.3, 0.4) is 0 Å². The van der Waals surface area contributed by atoms with E-state index in [1.165, 1.54) is 0 Å². The molecule has 2 aromatic rings. The first-order chi connectivity index (χ1) is 25.8. The molecule has 0 atom stereocenters. The largest absolute Gasteiger partial charge is 0.481 e. The third-order valence-corrected chi connectivity index (χ3v) is 6.81. The molecule has 308 valence electrons. The number of nitrogen functional groups attached to an aromatic ring is 1. The van der Waals surface area contributed by atoms with E-state index in [-0.39, 0.29) is 36.7 Å². The van der Waals surface area contributed by atoms with E-state index in [0.717, 1.165) is 18.4 Å². The smallest absolute Gasteiger partial charge is 0.412 e. The molecule has 0 aromatic heterocycles. The molecule has 0 spiro atoms. The van der Waals surface area contributed by atoms with Crippen molar-refractivity contribution < 1.29 is 52.8 Å². The standard InChI is InChI=1S/C20H30N2O5.C12H17NO2.C9H16O4/c1-5-26-18(24)14-8-6-7-13-17(23)21-15-11-9-10-12-16(15)22-19(25)27-20(2,3)4;1-12(2,3)15-11(14)8-9-6-4-5-7-10(9)13;1-2-13-9(12)7-5-3-4-6-8(10)11/h9-12H,5-8,13-14H2,1-4H3,(H,21,23)(H,22,25);4-7H,8,13H2,1-3H3;2-7H2,1H3,(H,10,11). The molecule has 14 nitrogen and oxygen atoms in total. The zero-order valence-corrected chi connectivity index (χ0v) is 33.9. The van der Waals surface area contributed by atoms with E-state index in [1.54, 1.807) is 65.0 Å². The molecule has 0 unspecified atom stereocenters. The quantitative estimate of drug-likeness (QED) is 0.0489. The van der Waals surface area contributed by atoms with Crippen molar-refractivity contribution in [3.05, 3.63) is 54.1 Å². The van der Waals surface area contributed by atoms with Gasteiger partial charge in [-0.1, -0.05) is 43.2 Å². The Balaban J connectivity index is 0.000000877. The van der Waals surface area contributed by atoms with Gasteiger partial charge < -0.3 is 35.1 Å². The maximum atomic E-state index is 12.1. The number of para-hydroxylation sites is 3. The second-order valence-electron chi connectivity index (χ2n) is 14.3. The van der Waals surface area contributed by atoms with Crippen molar-refractivity contribution in [3.63, 3.8) is 0 Å². The monoisotopic (exact) mass is 773 g/mol. The number of carboxylic acid groups (broad SMARTS) is 1. The lowest BCUT2D eigenvalue weighted by Crippen LogP contribution is -2.27. The number of benzene rings is 2. The first kappa shape index (κ1) is 49.9. The number of carbonyl (C=O) groups is 6. The molecule has 5 N–H and O–H groups in total. The molecule has 0 radical (unpaired) electrons. The van der Waals surface area contributed by atoms with Gasteiger partial charge in [-0.2, -0.15) is 0 Å². The van der Waals surface area contributed by atoms with Gasteiger partial charge in [0.15, 0.2) is 0 Å². The minimum Gasteiger partial charge on any atom is -0.481 e. The summed E-state index contributed by atoms with van der Waals surface area (Å²) in [6.07, 6.45) is 5.19. The number of rotatable bonds is 18. The number of aliphatic carboxylic acids is 1. The average Bonchev–Trinajstić information content (AvgIpc) is 3.05. The van der Waals surface area contributed by atoms with E-state index < -0.39 is 23.3 Å². The molecule has 0 bridgehead atoms. The Bertz CT molecular complexity index is 1480. The van der Waals surface area contributed by atoms with Gasteiger partial charge in [0, 0.05) is 31.4 Å². The van der Waals surface area contributed by atoms with Crippen LogP contribution in [0, 0.1) is 0 Å². The predicted octanol–water partition coefficient (Wildman–Crippen LogP) is 8.22. The molecule has 0 heterocycles. The number of esters is 3. The Morgan fingerprint density at radius 2 is 1.05 bits per heavy atom. The summed E-state index contributed by atoms with van der Waals surface area (Å²) >= 11 is 0. The molecule has 14 heteroatoms. The van der Waals surface area contributed by atoms with Crippen LogP contribution < -0.4 is 16.4 Å². The fraction of sp³-hybridized carbons (Fsp3) is 0.561. The average molecular weight is 774 g/mol. The highest BCUT2D eigenvalue weighted by molar-refractivity contribution is 5.97. The molecule has 0 aliphatic rings. The number of amides is 2. The second kappa shape index (κ2) is 27.4. The van der Waals surface area contributed by atoms with Crippen LogP contribution in [0.1, 0.15) is 125 Å². The number of anilines is 3. The first-order valence-electron chi connectivity index (χ1n) is 18.7. The highest BCUT2D eigenvalue weighted by atomic mass is 16.6. The fourth-order valence-electron chi connectivity index (χ4n) is 4.48. The molecule has 0 aliphatic carbocycles. The lowest BCUT2D eigenvalue weighted by Gasteiger charge is -2.20. The topological polar surface area (TPSA) is 210 Å². The zero-order chi connectivity index (χ0) is 41.9. The third-order valence-electron chi connectivity index (χ3n) is 6.81. The van der Waals surface area contributed by atoms with Crippen LogP contribution in [-0.2, 0) is 49.3 Å². The molecule has 0 saturated carbocycles. The highest BCUT2D eigenvalue weighted by Gasteiger charge is 2.18. The van der Waals surface area contributed by atoms with E-state index in [2.05, 4.69) is 10.6 Å². The van der Waals surface area contributed by atoms with E-state index in [1.807, 2.05) is 39.0 Å². The van der Waals surface area contributed by atoms with Gasteiger partial charge in [-0.3, -0.25) is 29.3 Å². The molecule has 0 fully saturated rings. The van der Waals surface area contributed by atoms with E-state index in [9.17, 15) is 28.8 Å². The summed E-state index contributed by atoms with van der Waals surface area (Å²) in [6, 6.07) is 14.3. The van der Waals surface area contributed by atoms with Crippen molar-refractivity contribution in [1.82, 2.24) is 0 Å². The van der Waals surface area contributed by atoms with Crippen molar-refractivity contribution >= 4 is 52.9 Å². The summed E-state index contributed by atoms with van der Waals surface area (Å²) < 4.78 is 20.0. The maximum absolute atomic E-state index is 12.1. The van der Waals surface area contributed by atoms with Crippen LogP contribution in [0.5, 0.6) is 0 Å². The zero-order valence-electron chi connectivity index (χ0n) is 33.9. The number of ether oxygens (including phenoxy) is 4. The van der Waals surface area contributed by atoms with Crippen LogP contribution in [-0.4, -0.2) is 65.4 Å². The number of nitrogens with two attached hydrogens (primary N) is 1. The van der Waals surface area contributed by atoms with E-state index in [0.29, 0.717) is 75.2 Å².